The molecule has 166 valence electrons. The van der Waals surface area contributed by atoms with Crippen LogP contribution in [0.2, 0.25) is 0 Å². The minimum absolute atomic E-state index is 0.127. The van der Waals surface area contributed by atoms with Gasteiger partial charge in [0.1, 0.15) is 23.6 Å². The van der Waals surface area contributed by atoms with Gasteiger partial charge in [0.2, 0.25) is 0 Å². The van der Waals surface area contributed by atoms with Gasteiger partial charge in [0.25, 0.3) is 5.91 Å². The highest BCUT2D eigenvalue weighted by Gasteiger charge is 2.49. The van der Waals surface area contributed by atoms with E-state index in [1.54, 1.807) is 37.3 Å². The molecule has 1 atom stereocenters. The zero-order valence-electron chi connectivity index (χ0n) is 18.3. The Morgan fingerprint density at radius 1 is 0.903 bits per heavy atom. The Morgan fingerprint density at radius 3 is 2.10 bits per heavy atom. The number of urea groups is 1. The van der Waals surface area contributed by atoms with Crippen LogP contribution in [0.1, 0.15) is 25.8 Å². The second kappa shape index (κ2) is 9.59. The van der Waals surface area contributed by atoms with E-state index < -0.39 is 11.6 Å². The van der Waals surface area contributed by atoms with E-state index in [1.807, 2.05) is 19.1 Å². The van der Waals surface area contributed by atoms with Gasteiger partial charge in [0.15, 0.2) is 11.5 Å². The number of rotatable bonds is 10. The van der Waals surface area contributed by atoms with Gasteiger partial charge in [-0.25, -0.2) is 4.79 Å². The summed E-state index contributed by atoms with van der Waals surface area (Å²) in [5.74, 6) is 2.09. The van der Waals surface area contributed by atoms with Gasteiger partial charge in [0, 0.05) is 0 Å². The predicted octanol–water partition coefficient (Wildman–Crippen LogP) is 3.34. The van der Waals surface area contributed by atoms with Crippen LogP contribution >= 0.6 is 0 Å². The lowest BCUT2D eigenvalue weighted by molar-refractivity contribution is -0.131. The molecule has 31 heavy (non-hydrogen) atoms. The van der Waals surface area contributed by atoms with Crippen molar-refractivity contribution in [3.05, 3.63) is 48.0 Å². The van der Waals surface area contributed by atoms with Crippen molar-refractivity contribution >= 4 is 11.9 Å². The number of amides is 3. The smallest absolute Gasteiger partial charge is 0.325 e. The molecule has 3 amide bonds. The molecule has 2 aromatic rings. The summed E-state index contributed by atoms with van der Waals surface area (Å²) in [5, 5.41) is 2.78. The molecule has 1 unspecified atom stereocenters. The lowest BCUT2D eigenvalue weighted by Crippen LogP contribution is -2.41. The number of ether oxygens (including phenoxy) is 4. The van der Waals surface area contributed by atoms with Crippen LogP contribution in [0.25, 0.3) is 0 Å². The van der Waals surface area contributed by atoms with Crippen molar-refractivity contribution in [1.29, 1.82) is 0 Å². The largest absolute Gasteiger partial charge is 0.494 e. The number of imide groups is 1. The fourth-order valence-electron chi connectivity index (χ4n) is 3.35. The Kier molecular flexibility index (Phi) is 6.89. The Morgan fingerprint density at radius 2 is 1.52 bits per heavy atom. The Labute approximate surface area is 182 Å². The van der Waals surface area contributed by atoms with E-state index in [2.05, 4.69) is 5.32 Å². The van der Waals surface area contributed by atoms with Crippen LogP contribution in [0.15, 0.2) is 42.5 Å². The molecular weight excluding hydrogens is 400 g/mol. The fraction of sp³-hybridized carbons (Fsp3) is 0.391. The number of carbonyl (C=O) groups is 2. The standard InChI is InChI=1S/C23H28N2O6/c1-5-13-30-17-7-9-18(10-8-17)31-14-12-25-21(26)23(2,24-22(25)27)16-6-11-19(28-3)20(15-16)29-4/h6-11,15H,5,12-14H2,1-4H3,(H,24,27). The molecule has 0 radical (unpaired) electrons. The van der Waals surface area contributed by atoms with Gasteiger partial charge < -0.3 is 24.3 Å². The van der Waals surface area contributed by atoms with Gasteiger partial charge >= 0.3 is 6.03 Å². The predicted molar refractivity (Wildman–Crippen MR) is 115 cm³/mol. The molecular formula is C23H28N2O6. The molecule has 0 bridgehead atoms. The normalized spacial score (nSPS) is 18.0. The van der Waals surface area contributed by atoms with Crippen molar-refractivity contribution in [2.75, 3.05) is 34.0 Å². The molecule has 3 rings (SSSR count). The molecule has 0 aromatic heterocycles. The van der Waals surface area contributed by atoms with Crippen molar-refractivity contribution < 1.29 is 28.5 Å². The number of nitrogens with zero attached hydrogens (tertiary/aromatic N) is 1. The third-order valence-corrected chi connectivity index (χ3v) is 5.12. The third kappa shape index (κ3) is 4.68. The summed E-state index contributed by atoms with van der Waals surface area (Å²) in [5.41, 5.74) is -0.593. The van der Waals surface area contributed by atoms with Gasteiger partial charge in [-0.1, -0.05) is 13.0 Å². The SMILES string of the molecule is CCCOc1ccc(OCCN2C(=O)NC(C)(c3ccc(OC)c(OC)c3)C2=O)cc1. The lowest BCUT2D eigenvalue weighted by Gasteiger charge is -2.23. The van der Waals surface area contributed by atoms with Gasteiger partial charge in [-0.05, 0) is 55.3 Å². The summed E-state index contributed by atoms with van der Waals surface area (Å²) in [6.45, 7) is 4.68. The maximum atomic E-state index is 13.1. The number of carbonyl (C=O) groups excluding carboxylic acids is 2. The molecule has 0 saturated carbocycles. The molecule has 8 nitrogen and oxygen atoms in total. The van der Waals surface area contributed by atoms with Crippen LogP contribution < -0.4 is 24.3 Å². The van der Waals surface area contributed by atoms with E-state index in [4.69, 9.17) is 18.9 Å². The van der Waals surface area contributed by atoms with Crippen LogP contribution in [0, 0.1) is 0 Å². The quantitative estimate of drug-likeness (QED) is 0.584. The molecule has 1 aliphatic heterocycles. The summed E-state index contributed by atoms with van der Waals surface area (Å²) in [4.78, 5) is 26.7. The molecule has 1 fully saturated rings. The molecule has 1 N–H and O–H groups in total. The van der Waals surface area contributed by atoms with Crippen molar-refractivity contribution in [3.8, 4) is 23.0 Å². The van der Waals surface area contributed by atoms with E-state index in [0.717, 1.165) is 17.1 Å². The molecule has 1 heterocycles. The van der Waals surface area contributed by atoms with Gasteiger partial charge in [-0.2, -0.15) is 0 Å². The maximum Gasteiger partial charge on any atom is 0.325 e. The van der Waals surface area contributed by atoms with Crippen LogP contribution in [-0.4, -0.2) is 50.8 Å². The summed E-state index contributed by atoms with van der Waals surface area (Å²) >= 11 is 0. The van der Waals surface area contributed by atoms with Crippen molar-refractivity contribution in [1.82, 2.24) is 10.2 Å². The zero-order valence-corrected chi connectivity index (χ0v) is 18.3. The summed E-state index contributed by atoms with van der Waals surface area (Å²) in [7, 11) is 3.06. The first kappa shape index (κ1) is 22.3. The molecule has 1 saturated heterocycles. The third-order valence-electron chi connectivity index (χ3n) is 5.12. The first-order valence-electron chi connectivity index (χ1n) is 10.1. The average Bonchev–Trinajstić information content (AvgIpc) is 3.01. The average molecular weight is 428 g/mol. The Bertz CT molecular complexity index is 930. The number of methoxy groups -OCH3 is 2. The first-order valence-corrected chi connectivity index (χ1v) is 10.1. The summed E-state index contributed by atoms with van der Waals surface area (Å²) < 4.78 is 21.8. The fourth-order valence-corrected chi connectivity index (χ4v) is 3.35. The van der Waals surface area contributed by atoms with Crippen LogP contribution in [0.5, 0.6) is 23.0 Å². The maximum absolute atomic E-state index is 13.1. The second-order valence-electron chi connectivity index (χ2n) is 7.25. The van der Waals surface area contributed by atoms with Gasteiger partial charge in [-0.3, -0.25) is 9.69 Å². The highest BCUT2D eigenvalue weighted by Crippen LogP contribution is 2.35. The molecule has 8 heteroatoms. The summed E-state index contributed by atoms with van der Waals surface area (Å²) in [6.07, 6.45) is 0.937. The van der Waals surface area contributed by atoms with Crippen molar-refractivity contribution in [2.24, 2.45) is 0 Å². The minimum atomic E-state index is -1.20. The Hall–Kier alpha value is -3.42. The summed E-state index contributed by atoms with van der Waals surface area (Å²) in [6, 6.07) is 11.9. The molecule has 0 aliphatic carbocycles. The van der Waals surface area contributed by atoms with Crippen LogP contribution in [0.3, 0.4) is 0 Å². The number of nitrogens with one attached hydrogen (secondary N) is 1. The topological polar surface area (TPSA) is 86.3 Å². The minimum Gasteiger partial charge on any atom is -0.494 e. The highest BCUT2D eigenvalue weighted by molar-refractivity contribution is 6.07. The van der Waals surface area contributed by atoms with E-state index in [-0.39, 0.29) is 19.1 Å². The second-order valence-corrected chi connectivity index (χ2v) is 7.25. The highest BCUT2D eigenvalue weighted by atomic mass is 16.5. The van der Waals surface area contributed by atoms with Gasteiger partial charge in [-0.15, -0.1) is 0 Å². The monoisotopic (exact) mass is 428 g/mol. The zero-order chi connectivity index (χ0) is 22.4. The van der Waals surface area contributed by atoms with E-state index in [1.165, 1.54) is 14.2 Å². The van der Waals surface area contributed by atoms with Crippen LogP contribution in [-0.2, 0) is 10.3 Å². The molecule has 0 spiro atoms. The van der Waals surface area contributed by atoms with Crippen molar-refractivity contribution in [2.45, 2.75) is 25.8 Å². The number of hydrogen-bond acceptors (Lipinski definition) is 6. The van der Waals surface area contributed by atoms with Crippen molar-refractivity contribution in [3.63, 3.8) is 0 Å². The van der Waals surface area contributed by atoms with Gasteiger partial charge in [0.05, 0.1) is 27.4 Å². The first-order chi connectivity index (χ1) is 14.9. The van der Waals surface area contributed by atoms with E-state index in [9.17, 15) is 9.59 Å². The van der Waals surface area contributed by atoms with E-state index >= 15 is 0 Å². The molecule has 1 aliphatic rings. The van der Waals surface area contributed by atoms with Crippen LogP contribution in [0.4, 0.5) is 4.79 Å². The lowest BCUT2D eigenvalue weighted by atomic mass is 9.91. The van der Waals surface area contributed by atoms with E-state index in [0.29, 0.717) is 29.4 Å². The number of hydrogen-bond donors (Lipinski definition) is 1. The number of benzene rings is 2. The Balaban J connectivity index is 1.63. The molecule has 2 aromatic carbocycles.